The smallest absolute Gasteiger partial charge is 0.271 e. The van der Waals surface area contributed by atoms with Gasteiger partial charge >= 0.3 is 0 Å². The van der Waals surface area contributed by atoms with E-state index < -0.39 is 10.8 Å². The summed E-state index contributed by atoms with van der Waals surface area (Å²) < 4.78 is 5.35. The second kappa shape index (κ2) is 7.78. The molecule has 2 aromatic carbocycles. The van der Waals surface area contributed by atoms with Crippen LogP contribution in [0.5, 0.6) is 5.75 Å². The number of piperazine rings is 1. The number of para-hydroxylation sites is 1. The number of anilines is 2. The summed E-state index contributed by atoms with van der Waals surface area (Å²) in [5, 5.41) is 11.1. The van der Waals surface area contributed by atoms with E-state index in [1.54, 1.807) is 4.90 Å². The maximum absolute atomic E-state index is 12.8. The highest BCUT2D eigenvalue weighted by Gasteiger charge is 2.31. The molecule has 0 aliphatic carbocycles. The molecule has 0 aromatic heterocycles. The van der Waals surface area contributed by atoms with E-state index in [1.165, 1.54) is 23.1 Å². The van der Waals surface area contributed by atoms with E-state index in [1.807, 2.05) is 30.3 Å². The van der Waals surface area contributed by atoms with Crippen molar-refractivity contribution in [2.24, 2.45) is 0 Å². The number of hydrogen-bond donors (Lipinski definition) is 0. The van der Waals surface area contributed by atoms with Crippen LogP contribution in [0.2, 0.25) is 0 Å². The van der Waals surface area contributed by atoms with Crippen LogP contribution in [-0.2, 0) is 9.59 Å². The van der Waals surface area contributed by atoms with E-state index in [-0.39, 0.29) is 30.4 Å². The number of hydrogen-bond acceptors (Lipinski definition) is 6. The molecular weight excluding hydrogens is 376 g/mol. The molecule has 2 aliphatic rings. The standard InChI is InChI=1S/C20H20N4O5/c25-19(22-10-8-21(9-11-22)15-4-2-1-3-5-15)13-23-17-12-16(24(27)28)6-7-18(17)29-14-20(23)26/h1-7,12H,8-11,13-14H2. The fourth-order valence-corrected chi connectivity index (χ4v) is 3.57. The Balaban J connectivity index is 1.44. The van der Waals surface area contributed by atoms with Crippen LogP contribution in [0.25, 0.3) is 0 Å². The molecule has 0 bridgehead atoms. The third kappa shape index (κ3) is 3.84. The molecule has 1 fully saturated rings. The summed E-state index contributed by atoms with van der Waals surface area (Å²) in [7, 11) is 0. The second-order valence-electron chi connectivity index (χ2n) is 6.88. The summed E-state index contributed by atoms with van der Waals surface area (Å²) in [6, 6.07) is 14.0. The van der Waals surface area contributed by atoms with Crippen molar-refractivity contribution in [3.63, 3.8) is 0 Å². The Labute approximate surface area is 167 Å². The van der Waals surface area contributed by atoms with E-state index in [4.69, 9.17) is 4.74 Å². The average Bonchev–Trinajstić information content (AvgIpc) is 2.76. The van der Waals surface area contributed by atoms with Crippen LogP contribution in [0.4, 0.5) is 17.1 Å². The van der Waals surface area contributed by atoms with E-state index in [2.05, 4.69) is 4.90 Å². The summed E-state index contributed by atoms with van der Waals surface area (Å²) in [6.45, 7) is 2.15. The van der Waals surface area contributed by atoms with Crippen LogP contribution in [0.3, 0.4) is 0 Å². The lowest BCUT2D eigenvalue weighted by molar-refractivity contribution is -0.384. The minimum Gasteiger partial charge on any atom is -0.482 e. The topological polar surface area (TPSA) is 96.2 Å². The van der Waals surface area contributed by atoms with Gasteiger partial charge in [0.05, 0.1) is 10.6 Å². The van der Waals surface area contributed by atoms with E-state index in [0.717, 1.165) is 5.69 Å². The summed E-state index contributed by atoms with van der Waals surface area (Å²) in [5.41, 5.74) is 1.21. The first-order valence-corrected chi connectivity index (χ1v) is 9.32. The molecule has 0 N–H and O–H groups in total. The highest BCUT2D eigenvalue weighted by molar-refractivity contribution is 6.02. The van der Waals surface area contributed by atoms with Gasteiger partial charge in [-0.3, -0.25) is 24.6 Å². The van der Waals surface area contributed by atoms with Crippen molar-refractivity contribution in [2.45, 2.75) is 0 Å². The number of benzene rings is 2. The molecule has 150 valence electrons. The zero-order valence-electron chi connectivity index (χ0n) is 15.7. The van der Waals surface area contributed by atoms with Gasteiger partial charge in [-0.25, -0.2) is 0 Å². The van der Waals surface area contributed by atoms with Gasteiger partial charge in [-0.1, -0.05) is 18.2 Å². The quantitative estimate of drug-likeness (QED) is 0.576. The number of nitro groups is 1. The second-order valence-corrected chi connectivity index (χ2v) is 6.88. The van der Waals surface area contributed by atoms with Crippen molar-refractivity contribution in [3.05, 3.63) is 58.6 Å². The number of amides is 2. The molecule has 9 heteroatoms. The summed E-state index contributed by atoms with van der Waals surface area (Å²) in [5.74, 6) is -0.225. The van der Waals surface area contributed by atoms with Gasteiger partial charge in [-0.05, 0) is 18.2 Å². The first-order valence-electron chi connectivity index (χ1n) is 9.32. The maximum atomic E-state index is 12.8. The number of carbonyl (C=O) groups excluding carboxylic acids is 2. The Morgan fingerprint density at radius 1 is 1.07 bits per heavy atom. The maximum Gasteiger partial charge on any atom is 0.271 e. The lowest BCUT2D eigenvalue weighted by atomic mass is 10.2. The van der Waals surface area contributed by atoms with Gasteiger partial charge in [0.25, 0.3) is 11.6 Å². The predicted octanol–water partition coefficient (Wildman–Crippen LogP) is 1.67. The highest BCUT2D eigenvalue weighted by atomic mass is 16.6. The summed E-state index contributed by atoms with van der Waals surface area (Å²) in [6.07, 6.45) is 0. The molecule has 2 aromatic rings. The molecule has 2 amide bonds. The first kappa shape index (κ1) is 18.7. The lowest BCUT2D eigenvalue weighted by Gasteiger charge is -2.37. The largest absolute Gasteiger partial charge is 0.482 e. The van der Waals surface area contributed by atoms with Crippen molar-refractivity contribution in [1.82, 2.24) is 4.90 Å². The van der Waals surface area contributed by atoms with Gasteiger partial charge in [0.15, 0.2) is 6.61 Å². The Kier molecular flexibility index (Phi) is 5.03. The summed E-state index contributed by atoms with van der Waals surface area (Å²) in [4.78, 5) is 40.9. The first-order chi connectivity index (χ1) is 14.0. The summed E-state index contributed by atoms with van der Waals surface area (Å²) >= 11 is 0. The van der Waals surface area contributed by atoms with E-state index in [9.17, 15) is 19.7 Å². The van der Waals surface area contributed by atoms with Crippen LogP contribution < -0.4 is 14.5 Å². The third-order valence-electron chi connectivity index (χ3n) is 5.14. The van der Waals surface area contributed by atoms with Crippen LogP contribution in [0, 0.1) is 10.1 Å². The molecule has 4 rings (SSSR count). The molecule has 0 radical (unpaired) electrons. The molecule has 0 unspecified atom stereocenters. The van der Waals surface area contributed by atoms with Crippen LogP contribution >= 0.6 is 0 Å². The molecule has 2 heterocycles. The third-order valence-corrected chi connectivity index (χ3v) is 5.14. The molecule has 0 spiro atoms. The zero-order valence-corrected chi connectivity index (χ0v) is 15.7. The van der Waals surface area contributed by atoms with Crippen molar-refractivity contribution >= 4 is 28.9 Å². The van der Waals surface area contributed by atoms with E-state index in [0.29, 0.717) is 31.9 Å². The number of ether oxygens (including phenoxy) is 1. The van der Waals surface area contributed by atoms with Gasteiger partial charge in [-0.2, -0.15) is 0 Å². The number of nitro benzene ring substituents is 1. The normalized spacial score (nSPS) is 16.3. The van der Waals surface area contributed by atoms with Gasteiger partial charge in [-0.15, -0.1) is 0 Å². The van der Waals surface area contributed by atoms with Crippen molar-refractivity contribution in [1.29, 1.82) is 0 Å². The Bertz CT molecular complexity index is 941. The fraction of sp³-hybridized carbons (Fsp3) is 0.300. The monoisotopic (exact) mass is 396 g/mol. The van der Waals surface area contributed by atoms with Crippen LogP contribution in [0.1, 0.15) is 0 Å². The fourth-order valence-electron chi connectivity index (χ4n) is 3.57. The predicted molar refractivity (Wildman–Crippen MR) is 106 cm³/mol. The number of rotatable bonds is 4. The van der Waals surface area contributed by atoms with E-state index >= 15 is 0 Å². The van der Waals surface area contributed by atoms with Crippen molar-refractivity contribution in [2.75, 3.05) is 49.1 Å². The number of fused-ring (bicyclic) bond motifs is 1. The minimum absolute atomic E-state index is 0.157. The molecule has 9 nitrogen and oxygen atoms in total. The molecule has 0 saturated carbocycles. The molecule has 0 atom stereocenters. The van der Waals surface area contributed by atoms with Crippen LogP contribution in [-0.4, -0.2) is 61.0 Å². The highest BCUT2D eigenvalue weighted by Crippen LogP contribution is 2.35. The van der Waals surface area contributed by atoms with Crippen molar-refractivity contribution in [3.8, 4) is 5.75 Å². The van der Waals surface area contributed by atoms with Gasteiger partial charge in [0.2, 0.25) is 5.91 Å². The zero-order chi connectivity index (χ0) is 20.4. The Morgan fingerprint density at radius 2 is 1.79 bits per heavy atom. The number of non-ortho nitro benzene ring substituents is 1. The van der Waals surface area contributed by atoms with Crippen LogP contribution in [0.15, 0.2) is 48.5 Å². The molecule has 1 saturated heterocycles. The van der Waals surface area contributed by atoms with Crippen molar-refractivity contribution < 1.29 is 19.2 Å². The number of nitrogens with zero attached hydrogens (tertiary/aromatic N) is 4. The Hall–Kier alpha value is -3.62. The minimum atomic E-state index is -0.540. The molecular formula is C20H20N4O5. The van der Waals surface area contributed by atoms with Gasteiger partial charge in [0.1, 0.15) is 12.3 Å². The lowest BCUT2D eigenvalue weighted by Crippen LogP contribution is -2.53. The average molecular weight is 396 g/mol. The molecule has 29 heavy (non-hydrogen) atoms. The van der Waals surface area contributed by atoms with Gasteiger partial charge in [0, 0.05) is 44.0 Å². The SMILES string of the molecule is O=C(CN1C(=O)COc2ccc([N+](=O)[O-])cc21)N1CCN(c2ccccc2)CC1. The number of carbonyl (C=O) groups is 2. The van der Waals surface area contributed by atoms with Gasteiger partial charge < -0.3 is 14.5 Å². The Morgan fingerprint density at radius 3 is 2.48 bits per heavy atom. The molecule has 2 aliphatic heterocycles.